The maximum atomic E-state index is 12.1. The Morgan fingerprint density at radius 1 is 1.53 bits per heavy atom. The minimum Gasteiger partial charge on any atom is -0.427 e. The van der Waals surface area contributed by atoms with E-state index in [2.05, 4.69) is 4.98 Å². The van der Waals surface area contributed by atoms with E-state index in [0.717, 1.165) is 18.5 Å². The number of anilines is 1. The van der Waals surface area contributed by atoms with Gasteiger partial charge in [-0.15, -0.1) is 0 Å². The summed E-state index contributed by atoms with van der Waals surface area (Å²) in [5, 5.41) is 0. The van der Waals surface area contributed by atoms with Gasteiger partial charge in [-0.25, -0.2) is 0 Å². The van der Waals surface area contributed by atoms with Gasteiger partial charge in [0.1, 0.15) is 11.9 Å². The van der Waals surface area contributed by atoms with E-state index in [-0.39, 0.29) is 18.0 Å². The Labute approximate surface area is 98.7 Å². The van der Waals surface area contributed by atoms with Crippen LogP contribution < -0.4 is 5.73 Å². The third-order valence-corrected chi connectivity index (χ3v) is 3.26. The molecule has 0 spiro atoms. The fourth-order valence-electron chi connectivity index (χ4n) is 2.38. The predicted octanol–water partition coefficient (Wildman–Crippen LogP) is 0.320. The van der Waals surface area contributed by atoms with Gasteiger partial charge in [0.2, 0.25) is 0 Å². The molecule has 17 heavy (non-hydrogen) atoms. The summed E-state index contributed by atoms with van der Waals surface area (Å²) < 4.78 is 10.7. The van der Waals surface area contributed by atoms with Crippen LogP contribution in [0.5, 0.6) is 0 Å². The molecule has 1 aromatic rings. The summed E-state index contributed by atoms with van der Waals surface area (Å²) in [6.07, 6.45) is 2.22. The normalized spacial score (nSPS) is 23.8. The smallest absolute Gasteiger partial charge is 0.292 e. The van der Waals surface area contributed by atoms with Gasteiger partial charge < -0.3 is 19.8 Å². The molecule has 0 bridgehead atoms. The number of nitrogen functional groups attached to an aromatic ring is 1. The Morgan fingerprint density at radius 2 is 2.41 bits per heavy atom. The van der Waals surface area contributed by atoms with E-state index in [4.69, 9.17) is 14.9 Å². The van der Waals surface area contributed by atoms with Gasteiger partial charge >= 0.3 is 0 Å². The zero-order valence-electron chi connectivity index (χ0n) is 9.52. The second-order valence-electron chi connectivity index (χ2n) is 4.43. The van der Waals surface area contributed by atoms with E-state index in [0.29, 0.717) is 31.9 Å². The predicted molar refractivity (Wildman–Crippen MR) is 59.0 cm³/mol. The molecule has 1 saturated heterocycles. The largest absolute Gasteiger partial charge is 0.427 e. The molecule has 1 unspecified atom stereocenters. The summed E-state index contributed by atoms with van der Waals surface area (Å²) in [5.41, 5.74) is 6.37. The topological polar surface area (TPSA) is 81.6 Å². The van der Waals surface area contributed by atoms with E-state index in [1.54, 1.807) is 4.90 Å². The van der Waals surface area contributed by atoms with Crippen molar-refractivity contribution < 1.29 is 13.9 Å². The number of ether oxygens (including phenoxy) is 1. The van der Waals surface area contributed by atoms with Gasteiger partial charge in [0, 0.05) is 19.6 Å². The molecule has 3 heterocycles. The highest BCUT2D eigenvalue weighted by Crippen LogP contribution is 2.23. The minimum absolute atomic E-state index is 0.0584. The lowest BCUT2D eigenvalue weighted by Crippen LogP contribution is -2.41. The molecule has 92 valence electrons. The quantitative estimate of drug-likeness (QED) is 0.760. The summed E-state index contributed by atoms with van der Waals surface area (Å²) >= 11 is 0. The molecule has 6 nitrogen and oxygen atoms in total. The number of nitrogens with two attached hydrogens (primary N) is 1. The van der Waals surface area contributed by atoms with Crippen LogP contribution in [0.4, 0.5) is 6.01 Å². The summed E-state index contributed by atoms with van der Waals surface area (Å²) in [6.45, 7) is 1.81. The fourth-order valence-corrected chi connectivity index (χ4v) is 2.38. The third-order valence-electron chi connectivity index (χ3n) is 3.26. The average Bonchev–Trinajstić information content (AvgIpc) is 2.94. The molecule has 0 aromatic carbocycles. The highest BCUT2D eigenvalue weighted by Gasteiger charge is 2.31. The van der Waals surface area contributed by atoms with Crippen LogP contribution >= 0.6 is 0 Å². The first-order valence-electron chi connectivity index (χ1n) is 5.88. The molecule has 2 aliphatic heterocycles. The molecule has 1 atom stereocenters. The van der Waals surface area contributed by atoms with E-state index in [1.165, 1.54) is 0 Å². The molecule has 1 fully saturated rings. The SMILES string of the molecule is Nc1nc2c(o1)CN(C(=O)C1CCCO1)CC2. The molecule has 1 amide bonds. The number of amides is 1. The van der Waals surface area contributed by atoms with E-state index in [9.17, 15) is 4.79 Å². The summed E-state index contributed by atoms with van der Waals surface area (Å²) in [5.74, 6) is 0.767. The Balaban J connectivity index is 1.72. The molecular formula is C11H15N3O3. The third kappa shape index (κ3) is 1.88. The highest BCUT2D eigenvalue weighted by molar-refractivity contribution is 5.81. The van der Waals surface area contributed by atoms with Gasteiger partial charge in [-0.2, -0.15) is 4.98 Å². The molecule has 3 rings (SSSR count). The summed E-state index contributed by atoms with van der Waals surface area (Å²) in [7, 11) is 0. The maximum Gasteiger partial charge on any atom is 0.292 e. The van der Waals surface area contributed by atoms with Crippen LogP contribution in [0.2, 0.25) is 0 Å². The molecule has 2 aliphatic rings. The second-order valence-corrected chi connectivity index (χ2v) is 4.43. The van der Waals surface area contributed by atoms with Crippen LogP contribution in [0.1, 0.15) is 24.3 Å². The van der Waals surface area contributed by atoms with E-state index in [1.807, 2.05) is 0 Å². The average molecular weight is 237 g/mol. The number of aromatic nitrogens is 1. The Kier molecular flexibility index (Phi) is 2.51. The number of oxazole rings is 1. The number of fused-ring (bicyclic) bond motifs is 1. The number of rotatable bonds is 1. The number of hydrogen-bond donors (Lipinski definition) is 1. The lowest BCUT2D eigenvalue weighted by atomic mass is 10.1. The standard InChI is InChI=1S/C11H15N3O3/c12-11-13-7-3-4-14(6-9(7)17-11)10(15)8-2-1-5-16-8/h8H,1-6H2,(H2,12,13). The van der Waals surface area contributed by atoms with Crippen LogP contribution in [0.25, 0.3) is 0 Å². The van der Waals surface area contributed by atoms with Crippen LogP contribution in [-0.4, -0.2) is 35.0 Å². The Hall–Kier alpha value is -1.56. The Bertz CT molecular complexity index is 437. The molecule has 0 radical (unpaired) electrons. The van der Waals surface area contributed by atoms with E-state index >= 15 is 0 Å². The zero-order chi connectivity index (χ0) is 11.8. The zero-order valence-corrected chi connectivity index (χ0v) is 9.52. The monoisotopic (exact) mass is 237 g/mol. The molecule has 0 saturated carbocycles. The second kappa shape index (κ2) is 4.03. The number of carbonyl (C=O) groups is 1. The van der Waals surface area contributed by atoms with Crippen molar-refractivity contribution >= 4 is 11.9 Å². The van der Waals surface area contributed by atoms with Crippen LogP contribution in [-0.2, 0) is 22.5 Å². The van der Waals surface area contributed by atoms with Gasteiger partial charge in [-0.05, 0) is 12.8 Å². The number of carbonyl (C=O) groups excluding carboxylic acids is 1. The van der Waals surface area contributed by atoms with Gasteiger partial charge in [-0.3, -0.25) is 4.79 Å². The summed E-state index contributed by atoms with van der Waals surface area (Å²) in [4.78, 5) is 18.0. The van der Waals surface area contributed by atoms with Crippen molar-refractivity contribution in [3.63, 3.8) is 0 Å². The minimum atomic E-state index is -0.267. The van der Waals surface area contributed by atoms with Gasteiger partial charge in [-0.1, -0.05) is 0 Å². The van der Waals surface area contributed by atoms with E-state index < -0.39 is 0 Å². The fraction of sp³-hybridized carbons (Fsp3) is 0.636. The van der Waals surface area contributed by atoms with Crippen LogP contribution in [0.15, 0.2) is 4.42 Å². The van der Waals surface area contributed by atoms with Crippen molar-refractivity contribution in [2.45, 2.75) is 31.9 Å². The van der Waals surface area contributed by atoms with Gasteiger partial charge in [0.15, 0.2) is 0 Å². The molecule has 2 N–H and O–H groups in total. The Morgan fingerprint density at radius 3 is 3.18 bits per heavy atom. The molecule has 1 aromatic heterocycles. The van der Waals surface area contributed by atoms with Crippen LogP contribution in [0.3, 0.4) is 0 Å². The number of nitrogens with zero attached hydrogens (tertiary/aromatic N) is 2. The van der Waals surface area contributed by atoms with Crippen LogP contribution in [0, 0.1) is 0 Å². The van der Waals surface area contributed by atoms with Crippen molar-refractivity contribution in [2.75, 3.05) is 18.9 Å². The van der Waals surface area contributed by atoms with Crippen molar-refractivity contribution in [3.05, 3.63) is 11.5 Å². The highest BCUT2D eigenvalue weighted by atomic mass is 16.5. The first-order chi connectivity index (χ1) is 8.24. The van der Waals surface area contributed by atoms with Gasteiger partial charge in [0.05, 0.1) is 12.2 Å². The van der Waals surface area contributed by atoms with Crippen molar-refractivity contribution in [2.24, 2.45) is 0 Å². The maximum absolute atomic E-state index is 12.1. The van der Waals surface area contributed by atoms with Gasteiger partial charge in [0.25, 0.3) is 11.9 Å². The molecule has 0 aliphatic carbocycles. The lowest BCUT2D eigenvalue weighted by Gasteiger charge is -2.27. The lowest BCUT2D eigenvalue weighted by molar-refractivity contribution is -0.142. The first kappa shape index (κ1) is 10.6. The first-order valence-corrected chi connectivity index (χ1v) is 5.88. The summed E-state index contributed by atoms with van der Waals surface area (Å²) in [6, 6.07) is 0.182. The van der Waals surface area contributed by atoms with Crippen molar-refractivity contribution in [1.29, 1.82) is 0 Å². The van der Waals surface area contributed by atoms with Crippen molar-refractivity contribution in [1.82, 2.24) is 9.88 Å². The molecule has 6 heteroatoms. The molecular weight excluding hydrogens is 222 g/mol. The number of hydrogen-bond acceptors (Lipinski definition) is 5. The van der Waals surface area contributed by atoms with Crippen molar-refractivity contribution in [3.8, 4) is 0 Å².